The van der Waals surface area contributed by atoms with Crippen molar-refractivity contribution < 1.29 is 4.74 Å². The van der Waals surface area contributed by atoms with Gasteiger partial charge in [-0.3, -0.25) is 0 Å². The van der Waals surface area contributed by atoms with Crippen LogP contribution < -0.4 is 11.1 Å². The Morgan fingerprint density at radius 2 is 2.47 bits per heavy atom. The number of nitrogens with one attached hydrogen (secondary N) is 1. The summed E-state index contributed by atoms with van der Waals surface area (Å²) < 4.78 is 5.44. The third-order valence-electron chi connectivity index (χ3n) is 3.66. The zero-order valence-electron chi connectivity index (χ0n) is 10.7. The summed E-state index contributed by atoms with van der Waals surface area (Å²) in [6.45, 7) is 7.74. The van der Waals surface area contributed by atoms with Gasteiger partial charge in [0.05, 0.1) is 13.2 Å². The Hall–Kier alpha value is -0.420. The Morgan fingerprint density at radius 1 is 1.65 bits per heavy atom. The van der Waals surface area contributed by atoms with Gasteiger partial charge < -0.3 is 15.8 Å². The summed E-state index contributed by atoms with van der Waals surface area (Å²) >= 11 is 1.83. The van der Waals surface area contributed by atoms with Crippen LogP contribution >= 0.6 is 11.3 Å². The number of ether oxygens (including phenoxy) is 1. The summed E-state index contributed by atoms with van der Waals surface area (Å²) in [4.78, 5) is 1.45. The Labute approximate surface area is 107 Å². The van der Waals surface area contributed by atoms with Gasteiger partial charge >= 0.3 is 0 Å². The van der Waals surface area contributed by atoms with E-state index >= 15 is 0 Å². The average molecular weight is 254 g/mol. The number of hydrogen-bond acceptors (Lipinski definition) is 4. The van der Waals surface area contributed by atoms with E-state index in [1.807, 2.05) is 11.3 Å². The minimum Gasteiger partial charge on any atom is -0.379 e. The van der Waals surface area contributed by atoms with Crippen molar-refractivity contribution in [2.75, 3.05) is 19.8 Å². The smallest absolute Gasteiger partial charge is 0.0624 e. The summed E-state index contributed by atoms with van der Waals surface area (Å²) in [5, 5.41) is 5.69. The van der Waals surface area contributed by atoms with Crippen molar-refractivity contribution in [1.82, 2.24) is 5.32 Å². The first-order valence-electron chi connectivity index (χ1n) is 6.25. The fraction of sp³-hybridized carbons (Fsp3) is 0.692. The summed E-state index contributed by atoms with van der Waals surface area (Å²) in [6.07, 6.45) is 1.11. The van der Waals surface area contributed by atoms with E-state index < -0.39 is 0 Å². The molecular weight excluding hydrogens is 232 g/mol. The monoisotopic (exact) mass is 254 g/mol. The van der Waals surface area contributed by atoms with Crippen molar-refractivity contribution in [3.63, 3.8) is 0 Å². The number of thiophene rings is 1. The second-order valence-corrected chi connectivity index (χ2v) is 6.10. The Morgan fingerprint density at radius 3 is 3.12 bits per heavy atom. The molecule has 4 heteroatoms. The van der Waals surface area contributed by atoms with Crippen LogP contribution in [0.5, 0.6) is 0 Å². The Balaban J connectivity index is 1.83. The van der Waals surface area contributed by atoms with Gasteiger partial charge in [-0.15, -0.1) is 11.3 Å². The number of aryl methyl sites for hydroxylation is 1. The van der Waals surface area contributed by atoms with Gasteiger partial charge in [-0.1, -0.05) is 13.8 Å². The van der Waals surface area contributed by atoms with Gasteiger partial charge in [0.15, 0.2) is 0 Å². The molecule has 0 amide bonds. The van der Waals surface area contributed by atoms with Crippen LogP contribution in [0.3, 0.4) is 0 Å². The molecule has 0 aliphatic carbocycles. The zero-order chi connectivity index (χ0) is 12.3. The molecule has 17 heavy (non-hydrogen) atoms. The SMILES string of the molecule is CCc1ccsc1CNCC1(C)COCC1N. The van der Waals surface area contributed by atoms with Crippen LogP contribution in [0.15, 0.2) is 11.4 Å². The highest BCUT2D eigenvalue weighted by Crippen LogP contribution is 2.26. The van der Waals surface area contributed by atoms with Crippen molar-refractivity contribution in [1.29, 1.82) is 0 Å². The summed E-state index contributed by atoms with van der Waals surface area (Å²) in [7, 11) is 0. The van der Waals surface area contributed by atoms with E-state index in [0.29, 0.717) is 6.61 Å². The van der Waals surface area contributed by atoms with Crippen molar-refractivity contribution in [2.24, 2.45) is 11.1 Å². The maximum Gasteiger partial charge on any atom is 0.0624 e. The van der Waals surface area contributed by atoms with Crippen LogP contribution in [0.4, 0.5) is 0 Å². The molecule has 3 nitrogen and oxygen atoms in total. The van der Waals surface area contributed by atoms with Gasteiger partial charge in [0.1, 0.15) is 0 Å². The first kappa shape index (κ1) is 13.0. The average Bonchev–Trinajstić information content (AvgIpc) is 2.88. The molecule has 2 rings (SSSR count). The van der Waals surface area contributed by atoms with E-state index in [9.17, 15) is 0 Å². The largest absolute Gasteiger partial charge is 0.379 e. The molecule has 0 radical (unpaired) electrons. The second-order valence-electron chi connectivity index (χ2n) is 5.10. The lowest BCUT2D eigenvalue weighted by atomic mass is 9.86. The summed E-state index contributed by atoms with van der Waals surface area (Å²) in [5.74, 6) is 0. The molecule has 0 aromatic carbocycles. The Kier molecular flexibility index (Phi) is 4.20. The minimum atomic E-state index is 0.0869. The van der Waals surface area contributed by atoms with Crippen LogP contribution in [-0.2, 0) is 17.7 Å². The van der Waals surface area contributed by atoms with Crippen molar-refractivity contribution in [3.8, 4) is 0 Å². The molecule has 1 fully saturated rings. The van der Waals surface area contributed by atoms with Gasteiger partial charge in [-0.2, -0.15) is 0 Å². The predicted molar refractivity (Wildman–Crippen MR) is 72.3 cm³/mol. The van der Waals surface area contributed by atoms with Crippen LogP contribution in [0, 0.1) is 5.41 Å². The van der Waals surface area contributed by atoms with E-state index in [1.165, 1.54) is 10.4 Å². The number of nitrogens with two attached hydrogens (primary N) is 1. The third kappa shape index (κ3) is 2.88. The lowest BCUT2D eigenvalue weighted by Gasteiger charge is -2.27. The molecule has 3 N–H and O–H groups in total. The van der Waals surface area contributed by atoms with E-state index in [-0.39, 0.29) is 11.5 Å². The maximum absolute atomic E-state index is 6.07. The fourth-order valence-corrected chi connectivity index (χ4v) is 3.15. The number of rotatable bonds is 5. The van der Waals surface area contributed by atoms with E-state index in [0.717, 1.165) is 26.1 Å². The summed E-state index contributed by atoms with van der Waals surface area (Å²) in [6, 6.07) is 2.37. The van der Waals surface area contributed by atoms with Crippen LogP contribution in [0.1, 0.15) is 24.3 Å². The lowest BCUT2D eigenvalue weighted by molar-refractivity contribution is 0.158. The standard InChI is InChI=1S/C13H22N2OS/c1-3-10-4-5-17-11(10)6-15-8-13(2)9-16-7-12(13)14/h4-5,12,15H,3,6-9,14H2,1-2H3. The normalized spacial score (nSPS) is 28.8. The van der Waals surface area contributed by atoms with Gasteiger partial charge in [-0.05, 0) is 23.4 Å². The highest BCUT2D eigenvalue weighted by molar-refractivity contribution is 7.10. The first-order chi connectivity index (χ1) is 8.15. The fourth-order valence-electron chi connectivity index (χ4n) is 2.21. The molecule has 1 saturated heterocycles. The van der Waals surface area contributed by atoms with E-state index in [1.54, 1.807) is 0 Å². The highest BCUT2D eigenvalue weighted by Gasteiger charge is 2.37. The molecule has 1 aliphatic heterocycles. The van der Waals surface area contributed by atoms with E-state index in [4.69, 9.17) is 10.5 Å². The van der Waals surface area contributed by atoms with Gasteiger partial charge in [0.25, 0.3) is 0 Å². The molecule has 1 aliphatic rings. The van der Waals surface area contributed by atoms with Crippen LogP contribution in [0.25, 0.3) is 0 Å². The maximum atomic E-state index is 6.07. The van der Waals surface area contributed by atoms with Gasteiger partial charge in [0.2, 0.25) is 0 Å². The van der Waals surface area contributed by atoms with Crippen LogP contribution in [-0.4, -0.2) is 25.8 Å². The molecular formula is C13H22N2OS. The molecule has 2 atom stereocenters. The van der Waals surface area contributed by atoms with Gasteiger partial charge in [0, 0.05) is 29.4 Å². The second kappa shape index (κ2) is 5.48. The van der Waals surface area contributed by atoms with Crippen molar-refractivity contribution >= 4 is 11.3 Å². The predicted octanol–water partition coefficient (Wildman–Crippen LogP) is 1.76. The molecule has 0 spiro atoms. The topological polar surface area (TPSA) is 47.3 Å². The lowest BCUT2D eigenvalue weighted by Crippen LogP contribution is -2.45. The van der Waals surface area contributed by atoms with Crippen molar-refractivity contribution in [2.45, 2.75) is 32.9 Å². The molecule has 0 bridgehead atoms. The molecule has 1 aromatic heterocycles. The Bertz CT molecular complexity index is 366. The zero-order valence-corrected chi connectivity index (χ0v) is 11.5. The molecule has 1 aromatic rings. The first-order valence-corrected chi connectivity index (χ1v) is 7.13. The van der Waals surface area contributed by atoms with E-state index in [2.05, 4.69) is 30.6 Å². The minimum absolute atomic E-state index is 0.0869. The quantitative estimate of drug-likeness (QED) is 0.842. The molecule has 0 saturated carbocycles. The number of hydrogen-bond donors (Lipinski definition) is 2. The van der Waals surface area contributed by atoms with Crippen LogP contribution in [0.2, 0.25) is 0 Å². The van der Waals surface area contributed by atoms with Crippen molar-refractivity contribution in [3.05, 3.63) is 21.9 Å². The summed E-state index contributed by atoms with van der Waals surface area (Å²) in [5.41, 5.74) is 7.61. The molecule has 2 unspecified atom stereocenters. The highest BCUT2D eigenvalue weighted by atomic mass is 32.1. The van der Waals surface area contributed by atoms with Gasteiger partial charge in [-0.25, -0.2) is 0 Å². The third-order valence-corrected chi connectivity index (χ3v) is 4.62. The molecule has 96 valence electrons. The molecule has 2 heterocycles.